The van der Waals surface area contributed by atoms with Crippen LogP contribution in [0.1, 0.15) is 42.5 Å². The van der Waals surface area contributed by atoms with Crippen LogP contribution in [0.5, 0.6) is 0 Å². The van der Waals surface area contributed by atoms with Crippen LogP contribution in [0, 0.1) is 13.8 Å². The molecular formula is C31H38ClN3O4S. The number of aryl methyl sites for hydroxylation is 2. The molecule has 0 saturated carbocycles. The molecular weight excluding hydrogens is 546 g/mol. The van der Waals surface area contributed by atoms with Crippen LogP contribution in [0.2, 0.25) is 5.02 Å². The molecule has 0 bridgehead atoms. The van der Waals surface area contributed by atoms with Gasteiger partial charge in [-0.15, -0.1) is 0 Å². The van der Waals surface area contributed by atoms with Crippen molar-refractivity contribution in [3.8, 4) is 0 Å². The van der Waals surface area contributed by atoms with Gasteiger partial charge in [0.15, 0.2) is 0 Å². The van der Waals surface area contributed by atoms with Crippen LogP contribution in [0.15, 0.2) is 72.8 Å². The Kier molecular flexibility index (Phi) is 10.8. The molecule has 1 N–H and O–H groups in total. The highest BCUT2D eigenvalue weighted by molar-refractivity contribution is 7.92. The fraction of sp³-hybridized carbons (Fsp3) is 0.355. The van der Waals surface area contributed by atoms with Crippen molar-refractivity contribution >= 4 is 39.1 Å². The molecule has 0 fully saturated rings. The van der Waals surface area contributed by atoms with Crippen molar-refractivity contribution in [2.24, 2.45) is 0 Å². The minimum atomic E-state index is -3.86. The summed E-state index contributed by atoms with van der Waals surface area (Å²) in [5.41, 5.74) is 3.81. The highest BCUT2D eigenvalue weighted by Crippen LogP contribution is 2.26. The summed E-state index contributed by atoms with van der Waals surface area (Å²) in [5, 5.41) is 3.42. The Labute approximate surface area is 243 Å². The third-order valence-electron chi connectivity index (χ3n) is 6.83. The third kappa shape index (κ3) is 8.57. The monoisotopic (exact) mass is 583 g/mol. The molecule has 3 aromatic carbocycles. The topological polar surface area (TPSA) is 86.8 Å². The van der Waals surface area contributed by atoms with Crippen LogP contribution in [-0.4, -0.2) is 50.0 Å². The zero-order valence-corrected chi connectivity index (χ0v) is 25.3. The van der Waals surface area contributed by atoms with Gasteiger partial charge in [0.2, 0.25) is 21.8 Å². The zero-order valence-electron chi connectivity index (χ0n) is 23.7. The van der Waals surface area contributed by atoms with Crippen LogP contribution in [0.3, 0.4) is 0 Å². The molecule has 0 aliphatic heterocycles. The first kappa shape index (κ1) is 31.2. The lowest BCUT2D eigenvalue weighted by Crippen LogP contribution is -2.54. The van der Waals surface area contributed by atoms with E-state index in [1.165, 1.54) is 11.0 Å². The van der Waals surface area contributed by atoms with Gasteiger partial charge in [-0.1, -0.05) is 84.8 Å². The Morgan fingerprint density at radius 3 is 2.23 bits per heavy atom. The first-order valence-corrected chi connectivity index (χ1v) is 15.5. The van der Waals surface area contributed by atoms with Gasteiger partial charge in [-0.3, -0.25) is 13.9 Å². The van der Waals surface area contributed by atoms with Gasteiger partial charge in [-0.05, 0) is 56.0 Å². The number of carbonyl (C=O) groups excluding carboxylic acids is 2. The Balaban J connectivity index is 2.07. The molecule has 214 valence electrons. The van der Waals surface area contributed by atoms with E-state index in [-0.39, 0.29) is 30.6 Å². The molecule has 0 aliphatic rings. The quantitative estimate of drug-likeness (QED) is 0.314. The number of anilines is 1. The summed E-state index contributed by atoms with van der Waals surface area (Å²) in [6.45, 7) is 7.32. The number of nitrogens with zero attached hydrogens (tertiary/aromatic N) is 2. The van der Waals surface area contributed by atoms with E-state index < -0.39 is 28.5 Å². The largest absolute Gasteiger partial charge is 0.352 e. The van der Waals surface area contributed by atoms with Crippen molar-refractivity contribution in [2.45, 2.75) is 59.2 Å². The second kappa shape index (κ2) is 13.8. The molecule has 0 spiro atoms. The van der Waals surface area contributed by atoms with Crippen molar-refractivity contribution in [3.05, 3.63) is 100 Å². The fourth-order valence-electron chi connectivity index (χ4n) is 4.35. The molecule has 40 heavy (non-hydrogen) atoms. The molecule has 9 heteroatoms. The molecule has 0 saturated heterocycles. The molecule has 0 aliphatic carbocycles. The summed E-state index contributed by atoms with van der Waals surface area (Å²) in [6, 6.07) is 21.1. The number of hydrogen-bond acceptors (Lipinski definition) is 4. The normalized spacial score (nSPS) is 12.8. The summed E-state index contributed by atoms with van der Waals surface area (Å²) < 4.78 is 26.8. The lowest BCUT2D eigenvalue weighted by Gasteiger charge is -2.34. The van der Waals surface area contributed by atoms with E-state index in [0.29, 0.717) is 5.02 Å². The van der Waals surface area contributed by atoms with E-state index >= 15 is 0 Å². The van der Waals surface area contributed by atoms with Gasteiger partial charge in [-0.25, -0.2) is 8.42 Å². The first-order chi connectivity index (χ1) is 18.9. The Morgan fingerprint density at radius 1 is 0.950 bits per heavy atom. The maximum absolute atomic E-state index is 14.1. The predicted molar refractivity (Wildman–Crippen MR) is 162 cm³/mol. The summed E-state index contributed by atoms with van der Waals surface area (Å²) in [4.78, 5) is 29.3. The molecule has 3 aromatic rings. The van der Waals surface area contributed by atoms with Gasteiger partial charge in [0, 0.05) is 24.0 Å². The average Bonchev–Trinajstić information content (AvgIpc) is 2.90. The van der Waals surface area contributed by atoms with Gasteiger partial charge >= 0.3 is 0 Å². The summed E-state index contributed by atoms with van der Waals surface area (Å²) in [6.07, 6.45) is 2.05. The molecule has 0 radical (unpaired) electrons. The number of halogens is 1. The van der Waals surface area contributed by atoms with E-state index in [9.17, 15) is 18.0 Å². The Hall–Kier alpha value is -3.36. The lowest BCUT2D eigenvalue weighted by atomic mass is 10.0. The van der Waals surface area contributed by atoms with E-state index in [2.05, 4.69) is 5.32 Å². The van der Waals surface area contributed by atoms with Crippen molar-refractivity contribution < 1.29 is 18.0 Å². The Bertz CT molecular complexity index is 1430. The van der Waals surface area contributed by atoms with Crippen molar-refractivity contribution in [1.29, 1.82) is 0 Å². The number of rotatable bonds is 12. The lowest BCUT2D eigenvalue weighted by molar-refractivity contribution is -0.140. The summed E-state index contributed by atoms with van der Waals surface area (Å²) in [5.74, 6) is -0.785. The second-order valence-electron chi connectivity index (χ2n) is 10.2. The van der Waals surface area contributed by atoms with E-state index in [1.807, 2.05) is 82.3 Å². The smallest absolute Gasteiger partial charge is 0.244 e. The standard InChI is InChI=1S/C31H38ClN3O4S/c1-6-24(4)33-31(37)29(18-25-12-8-7-9-13-25)34(20-26-14-10-11-22(2)17-26)30(36)21-35(40(5,38)39)27-16-15-23(3)28(32)19-27/h7-17,19,24,29H,6,18,20-21H2,1-5H3,(H,33,37)/t24-,29+/m1/s1. The maximum atomic E-state index is 14.1. The molecule has 7 nitrogen and oxygen atoms in total. The van der Waals surface area contributed by atoms with Crippen LogP contribution in [0.25, 0.3) is 0 Å². The third-order valence-corrected chi connectivity index (χ3v) is 8.38. The minimum Gasteiger partial charge on any atom is -0.352 e. The minimum absolute atomic E-state index is 0.0936. The van der Waals surface area contributed by atoms with Gasteiger partial charge < -0.3 is 10.2 Å². The number of carbonyl (C=O) groups is 2. The SMILES string of the molecule is CC[C@@H](C)NC(=O)[C@H](Cc1ccccc1)N(Cc1cccc(C)c1)C(=O)CN(c1ccc(C)c(Cl)c1)S(C)(=O)=O. The molecule has 2 atom stereocenters. The van der Waals surface area contributed by atoms with Crippen LogP contribution < -0.4 is 9.62 Å². The summed E-state index contributed by atoms with van der Waals surface area (Å²) >= 11 is 6.30. The van der Waals surface area contributed by atoms with Crippen LogP contribution in [-0.2, 0) is 32.6 Å². The second-order valence-corrected chi connectivity index (χ2v) is 12.6. The predicted octanol–water partition coefficient (Wildman–Crippen LogP) is 5.28. The molecule has 3 rings (SSSR count). The first-order valence-electron chi connectivity index (χ1n) is 13.3. The van der Waals surface area contributed by atoms with Gasteiger partial charge in [0.1, 0.15) is 12.6 Å². The maximum Gasteiger partial charge on any atom is 0.244 e. The molecule has 0 heterocycles. The van der Waals surface area contributed by atoms with Crippen LogP contribution >= 0.6 is 11.6 Å². The molecule has 0 unspecified atom stereocenters. The number of sulfonamides is 1. The van der Waals surface area contributed by atoms with E-state index in [1.54, 1.807) is 12.1 Å². The Morgan fingerprint density at radius 2 is 1.62 bits per heavy atom. The molecule has 2 amide bonds. The van der Waals surface area contributed by atoms with Gasteiger partial charge in [-0.2, -0.15) is 0 Å². The summed E-state index contributed by atoms with van der Waals surface area (Å²) in [7, 11) is -3.86. The van der Waals surface area contributed by atoms with Crippen molar-refractivity contribution in [2.75, 3.05) is 17.1 Å². The number of amides is 2. The zero-order chi connectivity index (χ0) is 29.4. The number of benzene rings is 3. The van der Waals surface area contributed by atoms with E-state index in [0.717, 1.165) is 39.2 Å². The van der Waals surface area contributed by atoms with Crippen molar-refractivity contribution in [1.82, 2.24) is 10.2 Å². The van der Waals surface area contributed by atoms with E-state index in [4.69, 9.17) is 11.6 Å². The van der Waals surface area contributed by atoms with Crippen LogP contribution in [0.4, 0.5) is 5.69 Å². The average molecular weight is 584 g/mol. The number of hydrogen-bond donors (Lipinski definition) is 1. The highest BCUT2D eigenvalue weighted by atomic mass is 35.5. The van der Waals surface area contributed by atoms with Gasteiger partial charge in [0.05, 0.1) is 11.9 Å². The highest BCUT2D eigenvalue weighted by Gasteiger charge is 2.33. The van der Waals surface area contributed by atoms with Crippen molar-refractivity contribution in [3.63, 3.8) is 0 Å². The molecule has 0 aromatic heterocycles. The van der Waals surface area contributed by atoms with Gasteiger partial charge in [0.25, 0.3) is 0 Å². The number of nitrogens with one attached hydrogen (secondary N) is 1. The fourth-order valence-corrected chi connectivity index (χ4v) is 5.37.